The van der Waals surface area contributed by atoms with Crippen molar-refractivity contribution in [3.05, 3.63) is 29.5 Å². The molecule has 0 aromatic carbocycles. The first kappa shape index (κ1) is 19.0. The Morgan fingerprint density at radius 1 is 1.26 bits per heavy atom. The minimum absolute atomic E-state index is 0.00855. The van der Waals surface area contributed by atoms with Gasteiger partial charge in [-0.25, -0.2) is 9.78 Å². The summed E-state index contributed by atoms with van der Waals surface area (Å²) in [6.07, 6.45) is 3.99. The van der Waals surface area contributed by atoms with Crippen LogP contribution in [0.2, 0.25) is 0 Å². The Kier molecular flexibility index (Phi) is 5.82. The predicted octanol–water partition coefficient (Wildman–Crippen LogP) is -0.292. The first-order chi connectivity index (χ1) is 12.9. The van der Waals surface area contributed by atoms with E-state index in [1.807, 2.05) is 11.9 Å². The average molecular weight is 373 g/mol. The smallest absolute Gasteiger partial charge is 0.328 e. The van der Waals surface area contributed by atoms with Gasteiger partial charge < -0.3 is 20.2 Å². The van der Waals surface area contributed by atoms with Crippen LogP contribution in [0.25, 0.3) is 6.08 Å². The zero-order valence-corrected chi connectivity index (χ0v) is 15.2. The van der Waals surface area contributed by atoms with Crippen molar-refractivity contribution in [2.45, 2.75) is 6.54 Å². The van der Waals surface area contributed by atoms with E-state index in [2.05, 4.69) is 15.2 Å². The molecule has 1 saturated heterocycles. The number of pyridine rings is 1. The second kappa shape index (κ2) is 8.28. The van der Waals surface area contributed by atoms with Gasteiger partial charge in [0.2, 0.25) is 11.8 Å². The van der Waals surface area contributed by atoms with Gasteiger partial charge in [0.05, 0.1) is 13.1 Å². The maximum Gasteiger partial charge on any atom is 0.328 e. The highest BCUT2D eigenvalue weighted by molar-refractivity contribution is 5.93. The molecule has 0 unspecified atom stereocenters. The van der Waals surface area contributed by atoms with Crippen LogP contribution in [0.4, 0.5) is 5.82 Å². The number of carboxylic acid groups (broad SMARTS) is 1. The number of carbonyl (C=O) groups is 3. The maximum absolute atomic E-state index is 12.6. The van der Waals surface area contributed by atoms with Gasteiger partial charge in [-0.05, 0) is 24.8 Å². The van der Waals surface area contributed by atoms with Crippen LogP contribution in [-0.2, 0) is 20.9 Å². The largest absolute Gasteiger partial charge is 0.478 e. The number of carbonyl (C=O) groups excluding carboxylic acids is 2. The van der Waals surface area contributed by atoms with Crippen molar-refractivity contribution in [2.75, 3.05) is 51.6 Å². The van der Waals surface area contributed by atoms with Gasteiger partial charge in [-0.3, -0.25) is 14.5 Å². The second-order valence-electron chi connectivity index (χ2n) is 6.83. The molecule has 0 atom stereocenters. The second-order valence-corrected chi connectivity index (χ2v) is 6.83. The highest BCUT2D eigenvalue weighted by Crippen LogP contribution is 2.20. The molecule has 0 saturated carbocycles. The SMILES string of the molecule is CN1CCN(C(=O)CN2CC(=O)Nc3ncc(C=CC(=O)O)cc3C2)CC1. The molecule has 1 aromatic rings. The molecule has 0 radical (unpaired) electrons. The normalized spacial score (nSPS) is 18.9. The highest BCUT2D eigenvalue weighted by Gasteiger charge is 2.25. The lowest BCUT2D eigenvalue weighted by Gasteiger charge is -2.33. The number of amides is 2. The van der Waals surface area contributed by atoms with Gasteiger partial charge in [-0.15, -0.1) is 0 Å². The van der Waals surface area contributed by atoms with E-state index in [1.54, 1.807) is 11.0 Å². The van der Waals surface area contributed by atoms with Gasteiger partial charge in [0.25, 0.3) is 0 Å². The summed E-state index contributed by atoms with van der Waals surface area (Å²) in [5.41, 5.74) is 1.37. The summed E-state index contributed by atoms with van der Waals surface area (Å²) in [6.45, 7) is 3.73. The van der Waals surface area contributed by atoms with Gasteiger partial charge >= 0.3 is 5.97 Å². The lowest BCUT2D eigenvalue weighted by atomic mass is 10.1. The molecule has 3 heterocycles. The molecule has 1 fully saturated rings. The lowest BCUT2D eigenvalue weighted by Crippen LogP contribution is -2.50. The van der Waals surface area contributed by atoms with E-state index in [-0.39, 0.29) is 24.9 Å². The van der Waals surface area contributed by atoms with E-state index in [9.17, 15) is 14.4 Å². The molecule has 9 heteroatoms. The first-order valence-electron chi connectivity index (χ1n) is 8.79. The first-order valence-corrected chi connectivity index (χ1v) is 8.79. The number of hydrogen-bond acceptors (Lipinski definition) is 6. The number of rotatable bonds is 4. The van der Waals surface area contributed by atoms with Gasteiger partial charge in [0.1, 0.15) is 5.82 Å². The Balaban J connectivity index is 1.71. The molecule has 0 bridgehead atoms. The zero-order valence-electron chi connectivity index (χ0n) is 15.2. The number of fused-ring (bicyclic) bond motifs is 1. The summed E-state index contributed by atoms with van der Waals surface area (Å²) in [6, 6.07) is 1.78. The number of likely N-dealkylation sites (N-methyl/N-ethyl adjacent to an activating group) is 1. The molecule has 2 N–H and O–H groups in total. The van der Waals surface area contributed by atoms with Crippen molar-refractivity contribution >= 4 is 29.7 Å². The number of anilines is 1. The molecule has 0 aliphatic carbocycles. The Bertz CT molecular complexity index is 771. The minimum Gasteiger partial charge on any atom is -0.478 e. The van der Waals surface area contributed by atoms with Gasteiger partial charge in [-0.1, -0.05) is 0 Å². The van der Waals surface area contributed by atoms with Gasteiger partial charge in [0, 0.05) is 50.6 Å². The highest BCUT2D eigenvalue weighted by atomic mass is 16.4. The summed E-state index contributed by atoms with van der Waals surface area (Å²) in [5.74, 6) is -0.810. The predicted molar refractivity (Wildman–Crippen MR) is 98.9 cm³/mol. The van der Waals surface area contributed by atoms with Crippen LogP contribution in [0.15, 0.2) is 18.3 Å². The molecule has 27 heavy (non-hydrogen) atoms. The van der Waals surface area contributed by atoms with Crippen molar-refractivity contribution in [3.8, 4) is 0 Å². The quantitative estimate of drug-likeness (QED) is 0.699. The average Bonchev–Trinajstić information content (AvgIpc) is 2.77. The van der Waals surface area contributed by atoms with Crippen LogP contribution in [0, 0.1) is 0 Å². The molecular weight excluding hydrogens is 350 g/mol. The van der Waals surface area contributed by atoms with E-state index in [0.29, 0.717) is 31.0 Å². The van der Waals surface area contributed by atoms with E-state index in [1.165, 1.54) is 12.3 Å². The van der Waals surface area contributed by atoms with Crippen molar-refractivity contribution < 1.29 is 19.5 Å². The minimum atomic E-state index is -1.04. The Hall–Kier alpha value is -2.78. The molecule has 2 aliphatic heterocycles. The number of hydrogen-bond donors (Lipinski definition) is 2. The van der Waals surface area contributed by atoms with Crippen LogP contribution in [0.3, 0.4) is 0 Å². The number of aromatic nitrogens is 1. The molecular formula is C18H23N5O4. The topological polar surface area (TPSA) is 106 Å². The molecule has 9 nitrogen and oxygen atoms in total. The monoisotopic (exact) mass is 373 g/mol. The molecule has 2 aliphatic rings. The van der Waals surface area contributed by atoms with E-state index in [4.69, 9.17) is 5.11 Å². The fourth-order valence-electron chi connectivity index (χ4n) is 3.15. The molecule has 3 rings (SSSR count). The molecule has 1 aromatic heterocycles. The van der Waals surface area contributed by atoms with Crippen molar-refractivity contribution in [2.24, 2.45) is 0 Å². The van der Waals surface area contributed by atoms with E-state index < -0.39 is 5.97 Å². The molecule has 2 amide bonds. The number of piperazine rings is 1. The number of aliphatic carboxylic acids is 1. The van der Waals surface area contributed by atoms with Crippen LogP contribution in [0.5, 0.6) is 0 Å². The Morgan fingerprint density at radius 3 is 2.70 bits per heavy atom. The van der Waals surface area contributed by atoms with Crippen LogP contribution in [-0.4, -0.2) is 88.9 Å². The van der Waals surface area contributed by atoms with Crippen molar-refractivity contribution in [3.63, 3.8) is 0 Å². The fourth-order valence-corrected chi connectivity index (χ4v) is 3.15. The van der Waals surface area contributed by atoms with E-state index >= 15 is 0 Å². The van der Waals surface area contributed by atoms with Crippen LogP contribution in [0.1, 0.15) is 11.1 Å². The standard InChI is InChI=1S/C18H23N5O4/c1-21-4-6-23(7-5-21)16(25)12-22-10-14-8-13(2-3-17(26)27)9-19-18(14)20-15(24)11-22/h2-3,8-9H,4-7,10-12H2,1H3,(H,26,27)(H,19,20,24). The number of carboxylic acids is 1. The van der Waals surface area contributed by atoms with Gasteiger partial charge in [-0.2, -0.15) is 0 Å². The summed E-state index contributed by atoms with van der Waals surface area (Å²) >= 11 is 0. The summed E-state index contributed by atoms with van der Waals surface area (Å²) < 4.78 is 0. The zero-order chi connectivity index (χ0) is 19.4. The number of nitrogens with one attached hydrogen (secondary N) is 1. The third-order valence-electron chi connectivity index (χ3n) is 4.64. The third kappa shape index (κ3) is 5.11. The van der Waals surface area contributed by atoms with Gasteiger partial charge in [0.15, 0.2) is 0 Å². The third-order valence-corrected chi connectivity index (χ3v) is 4.64. The summed E-state index contributed by atoms with van der Waals surface area (Å²) in [4.78, 5) is 45.4. The van der Waals surface area contributed by atoms with E-state index in [0.717, 1.165) is 24.7 Å². The van der Waals surface area contributed by atoms with Crippen LogP contribution >= 0.6 is 0 Å². The van der Waals surface area contributed by atoms with Crippen molar-refractivity contribution in [1.29, 1.82) is 0 Å². The fraction of sp³-hybridized carbons (Fsp3) is 0.444. The van der Waals surface area contributed by atoms with Crippen molar-refractivity contribution in [1.82, 2.24) is 19.7 Å². The maximum atomic E-state index is 12.6. The molecule has 144 valence electrons. The summed E-state index contributed by atoms with van der Waals surface area (Å²) in [7, 11) is 2.03. The number of nitrogens with zero attached hydrogens (tertiary/aromatic N) is 4. The summed E-state index contributed by atoms with van der Waals surface area (Å²) in [5, 5.41) is 11.5. The Morgan fingerprint density at radius 2 is 2.00 bits per heavy atom. The lowest BCUT2D eigenvalue weighted by molar-refractivity contribution is -0.134. The Labute approximate surface area is 157 Å². The molecule has 0 spiro atoms. The van der Waals surface area contributed by atoms with Crippen LogP contribution < -0.4 is 5.32 Å².